The van der Waals surface area contributed by atoms with Crippen molar-refractivity contribution in [3.63, 3.8) is 0 Å². The molecule has 1 amide bonds. The van der Waals surface area contributed by atoms with Crippen molar-refractivity contribution in [2.24, 2.45) is 0 Å². The van der Waals surface area contributed by atoms with Crippen molar-refractivity contribution in [3.05, 3.63) is 45.4 Å². The molecule has 0 bridgehead atoms. The van der Waals surface area contributed by atoms with Gasteiger partial charge in [-0.15, -0.1) is 11.3 Å². The molecule has 0 fully saturated rings. The number of hydrogen-bond acceptors (Lipinski definition) is 6. The Bertz CT molecular complexity index is 900. The van der Waals surface area contributed by atoms with E-state index in [1.165, 1.54) is 4.88 Å². The molecule has 3 aromatic rings. The van der Waals surface area contributed by atoms with Gasteiger partial charge in [-0.1, -0.05) is 25.1 Å². The van der Waals surface area contributed by atoms with E-state index < -0.39 is 0 Å². The second kappa shape index (κ2) is 7.55. The van der Waals surface area contributed by atoms with Gasteiger partial charge in [0, 0.05) is 17.1 Å². The van der Waals surface area contributed by atoms with E-state index in [9.17, 15) is 4.79 Å². The summed E-state index contributed by atoms with van der Waals surface area (Å²) in [7, 11) is 4.03. The molecule has 0 radical (unpaired) electrons. The number of fused-ring (bicyclic) bond motifs is 1. The quantitative estimate of drug-likeness (QED) is 0.713. The van der Waals surface area contributed by atoms with Crippen molar-refractivity contribution in [2.45, 2.75) is 32.7 Å². The van der Waals surface area contributed by atoms with Crippen molar-refractivity contribution in [3.8, 4) is 0 Å². The highest BCUT2D eigenvalue weighted by molar-refractivity contribution is 7.10. The van der Waals surface area contributed by atoms with Crippen LogP contribution in [-0.2, 0) is 0 Å². The molecule has 1 N–H and O–H groups in total. The lowest BCUT2D eigenvalue weighted by Gasteiger charge is -2.23. The number of carbonyl (C=O) groups excluding carboxylic acids is 1. The van der Waals surface area contributed by atoms with Crippen LogP contribution < -0.4 is 5.32 Å². The minimum absolute atomic E-state index is 0.129. The van der Waals surface area contributed by atoms with Gasteiger partial charge in [-0.05, 0) is 44.4 Å². The first-order valence-corrected chi connectivity index (χ1v) is 9.51. The van der Waals surface area contributed by atoms with Gasteiger partial charge in [0.05, 0.1) is 22.7 Å². The zero-order valence-electron chi connectivity index (χ0n) is 15.7. The van der Waals surface area contributed by atoms with E-state index in [1.807, 2.05) is 47.0 Å². The Morgan fingerprint density at radius 3 is 2.77 bits per heavy atom. The van der Waals surface area contributed by atoms with E-state index in [1.54, 1.807) is 11.3 Å². The standard InChI is InChI=1S/C19H24N4O2S/c1-11(2)14-9-13(17-12(3)22-25-19(17)21-14)18(24)20-10-15(23(4)5)16-7-6-8-26-16/h6-9,11,15H,10H2,1-5H3,(H,20,24). The summed E-state index contributed by atoms with van der Waals surface area (Å²) in [6.45, 7) is 6.43. The van der Waals surface area contributed by atoms with Crippen LogP contribution >= 0.6 is 11.3 Å². The highest BCUT2D eigenvalue weighted by Gasteiger charge is 2.21. The topological polar surface area (TPSA) is 71.3 Å². The molecular weight excluding hydrogens is 348 g/mol. The maximum absolute atomic E-state index is 13.0. The molecule has 26 heavy (non-hydrogen) atoms. The molecule has 0 aliphatic carbocycles. The number of likely N-dealkylation sites (N-methyl/N-ethyl adjacent to an activating group) is 1. The molecule has 0 spiro atoms. The molecular formula is C19H24N4O2S. The predicted molar refractivity (Wildman–Crippen MR) is 104 cm³/mol. The number of carbonyl (C=O) groups is 1. The first kappa shape index (κ1) is 18.5. The number of rotatable bonds is 6. The fraction of sp³-hybridized carbons (Fsp3) is 0.421. The Labute approximate surface area is 157 Å². The Morgan fingerprint density at radius 2 is 2.15 bits per heavy atom. The summed E-state index contributed by atoms with van der Waals surface area (Å²) in [6.07, 6.45) is 0. The second-order valence-electron chi connectivity index (χ2n) is 6.90. The fourth-order valence-electron chi connectivity index (χ4n) is 2.89. The third-order valence-electron chi connectivity index (χ3n) is 4.42. The van der Waals surface area contributed by atoms with Crippen LogP contribution in [0.25, 0.3) is 11.1 Å². The smallest absolute Gasteiger partial charge is 0.259 e. The van der Waals surface area contributed by atoms with Crippen molar-refractivity contribution in [1.29, 1.82) is 0 Å². The molecule has 1 unspecified atom stereocenters. The zero-order valence-corrected chi connectivity index (χ0v) is 16.6. The van der Waals surface area contributed by atoms with E-state index in [0.29, 0.717) is 28.9 Å². The van der Waals surface area contributed by atoms with Gasteiger partial charge in [0.2, 0.25) is 0 Å². The molecule has 138 valence electrons. The molecule has 3 heterocycles. The lowest BCUT2D eigenvalue weighted by molar-refractivity contribution is 0.0943. The number of hydrogen-bond donors (Lipinski definition) is 1. The number of nitrogens with one attached hydrogen (secondary N) is 1. The molecule has 6 nitrogen and oxygen atoms in total. The van der Waals surface area contributed by atoms with Gasteiger partial charge in [-0.2, -0.15) is 0 Å². The first-order chi connectivity index (χ1) is 12.4. The van der Waals surface area contributed by atoms with Crippen LogP contribution in [0.2, 0.25) is 0 Å². The molecule has 0 aliphatic rings. The van der Waals surface area contributed by atoms with Gasteiger partial charge in [0.15, 0.2) is 0 Å². The number of aryl methyl sites for hydroxylation is 1. The van der Waals surface area contributed by atoms with Crippen LogP contribution in [0.3, 0.4) is 0 Å². The molecule has 7 heteroatoms. The summed E-state index contributed by atoms with van der Waals surface area (Å²) >= 11 is 1.69. The summed E-state index contributed by atoms with van der Waals surface area (Å²) in [5, 5.41) is 9.79. The van der Waals surface area contributed by atoms with Crippen molar-refractivity contribution in [1.82, 2.24) is 20.4 Å². The highest BCUT2D eigenvalue weighted by Crippen LogP contribution is 2.26. The Balaban J connectivity index is 1.88. The van der Waals surface area contributed by atoms with E-state index in [0.717, 1.165) is 5.69 Å². The monoisotopic (exact) mass is 372 g/mol. The van der Waals surface area contributed by atoms with Crippen LogP contribution in [-0.4, -0.2) is 41.6 Å². The molecule has 0 aromatic carbocycles. The normalized spacial score (nSPS) is 12.9. The van der Waals surface area contributed by atoms with E-state index in [-0.39, 0.29) is 17.9 Å². The number of amides is 1. The SMILES string of the molecule is Cc1noc2nc(C(C)C)cc(C(=O)NCC(c3cccs3)N(C)C)c12. The van der Waals surface area contributed by atoms with Crippen LogP contribution in [0, 0.1) is 6.92 Å². The number of nitrogens with zero attached hydrogens (tertiary/aromatic N) is 3. The first-order valence-electron chi connectivity index (χ1n) is 8.63. The molecule has 1 atom stereocenters. The van der Waals surface area contributed by atoms with Crippen LogP contribution in [0.15, 0.2) is 28.1 Å². The summed E-state index contributed by atoms with van der Waals surface area (Å²) in [5.41, 5.74) is 2.49. The lowest BCUT2D eigenvalue weighted by Crippen LogP contribution is -2.34. The molecule has 3 aromatic heterocycles. The van der Waals surface area contributed by atoms with Gasteiger partial charge in [-0.3, -0.25) is 4.79 Å². The second-order valence-corrected chi connectivity index (χ2v) is 7.88. The van der Waals surface area contributed by atoms with Gasteiger partial charge < -0.3 is 14.7 Å². The van der Waals surface area contributed by atoms with Crippen LogP contribution in [0.1, 0.15) is 52.4 Å². The zero-order chi connectivity index (χ0) is 18.8. The van der Waals surface area contributed by atoms with Crippen LogP contribution in [0.5, 0.6) is 0 Å². The number of aromatic nitrogens is 2. The Kier molecular flexibility index (Phi) is 5.38. The van der Waals surface area contributed by atoms with E-state index >= 15 is 0 Å². The number of thiophene rings is 1. The highest BCUT2D eigenvalue weighted by atomic mass is 32.1. The van der Waals surface area contributed by atoms with Gasteiger partial charge in [0.25, 0.3) is 11.6 Å². The summed E-state index contributed by atoms with van der Waals surface area (Å²) in [4.78, 5) is 20.8. The molecule has 0 aliphatic heterocycles. The minimum Gasteiger partial charge on any atom is -0.350 e. The molecule has 0 saturated carbocycles. The fourth-order valence-corrected chi connectivity index (χ4v) is 3.81. The molecule has 0 saturated heterocycles. The van der Waals surface area contributed by atoms with Gasteiger partial charge in [0.1, 0.15) is 0 Å². The average Bonchev–Trinajstić information content (AvgIpc) is 3.24. The Hall–Kier alpha value is -2.25. The minimum atomic E-state index is -0.131. The van der Waals surface area contributed by atoms with E-state index in [4.69, 9.17) is 4.52 Å². The molecule has 3 rings (SSSR count). The van der Waals surface area contributed by atoms with Crippen molar-refractivity contribution < 1.29 is 9.32 Å². The summed E-state index contributed by atoms with van der Waals surface area (Å²) < 4.78 is 5.31. The third kappa shape index (κ3) is 3.64. The van der Waals surface area contributed by atoms with Gasteiger partial charge in [-0.25, -0.2) is 4.98 Å². The Morgan fingerprint density at radius 1 is 1.38 bits per heavy atom. The maximum atomic E-state index is 13.0. The van der Waals surface area contributed by atoms with Crippen molar-refractivity contribution in [2.75, 3.05) is 20.6 Å². The largest absolute Gasteiger partial charge is 0.350 e. The summed E-state index contributed by atoms with van der Waals surface area (Å²) in [5.74, 6) is 0.0611. The van der Waals surface area contributed by atoms with E-state index in [2.05, 4.69) is 31.8 Å². The average molecular weight is 372 g/mol. The number of pyridine rings is 1. The maximum Gasteiger partial charge on any atom is 0.259 e. The summed E-state index contributed by atoms with van der Waals surface area (Å²) in [6, 6.07) is 6.10. The lowest BCUT2D eigenvalue weighted by atomic mass is 10.0. The predicted octanol–water partition coefficient (Wildman–Crippen LogP) is 3.75. The van der Waals surface area contributed by atoms with Gasteiger partial charge >= 0.3 is 0 Å². The van der Waals surface area contributed by atoms with Crippen molar-refractivity contribution >= 4 is 28.3 Å². The van der Waals surface area contributed by atoms with Crippen LogP contribution in [0.4, 0.5) is 0 Å². The third-order valence-corrected chi connectivity index (χ3v) is 5.40.